The number of methoxy groups -OCH3 is 1. The van der Waals surface area contributed by atoms with Crippen LogP contribution in [0.15, 0.2) is 47.3 Å². The van der Waals surface area contributed by atoms with Crippen LogP contribution in [0.3, 0.4) is 0 Å². The molecule has 1 aromatic carbocycles. The number of para-hydroxylation sites is 1. The number of esters is 2. The molecule has 1 heterocycles. The SMILES string of the molecule is COC(=O)C1=C(C)N(c2ccccc2Cl)C=C(C(=O)OC(C)C)C1. The monoisotopic (exact) mass is 349 g/mol. The largest absolute Gasteiger partial charge is 0.466 e. The molecular formula is C18H20ClNO4. The molecule has 6 heteroatoms. The van der Waals surface area contributed by atoms with Crippen LogP contribution in [0.25, 0.3) is 0 Å². The highest BCUT2D eigenvalue weighted by atomic mass is 35.5. The van der Waals surface area contributed by atoms with Gasteiger partial charge in [0, 0.05) is 18.3 Å². The first-order valence-corrected chi connectivity index (χ1v) is 7.96. The Morgan fingerprint density at radius 2 is 1.88 bits per heavy atom. The molecule has 0 aromatic heterocycles. The van der Waals surface area contributed by atoms with Crippen LogP contribution in [0.5, 0.6) is 0 Å². The highest BCUT2D eigenvalue weighted by Gasteiger charge is 2.29. The van der Waals surface area contributed by atoms with Crippen molar-refractivity contribution in [2.45, 2.75) is 33.3 Å². The molecular weight excluding hydrogens is 330 g/mol. The average Bonchev–Trinajstić information content (AvgIpc) is 2.54. The van der Waals surface area contributed by atoms with E-state index in [-0.39, 0.29) is 12.5 Å². The highest BCUT2D eigenvalue weighted by molar-refractivity contribution is 6.33. The van der Waals surface area contributed by atoms with Gasteiger partial charge in [0.25, 0.3) is 0 Å². The Morgan fingerprint density at radius 1 is 1.21 bits per heavy atom. The molecule has 1 aliphatic rings. The predicted octanol–water partition coefficient (Wildman–Crippen LogP) is 3.83. The van der Waals surface area contributed by atoms with Gasteiger partial charge in [-0.1, -0.05) is 23.7 Å². The Kier molecular flexibility index (Phi) is 5.67. The van der Waals surface area contributed by atoms with Gasteiger partial charge in [0.15, 0.2) is 0 Å². The number of anilines is 1. The van der Waals surface area contributed by atoms with Gasteiger partial charge < -0.3 is 14.4 Å². The van der Waals surface area contributed by atoms with Crippen LogP contribution < -0.4 is 4.90 Å². The second-order valence-corrected chi connectivity index (χ2v) is 6.07. The third-order valence-corrected chi connectivity index (χ3v) is 3.92. The molecule has 0 aliphatic carbocycles. The van der Waals surface area contributed by atoms with E-state index in [0.29, 0.717) is 27.6 Å². The number of carbonyl (C=O) groups is 2. The summed E-state index contributed by atoms with van der Waals surface area (Å²) in [6.45, 7) is 5.33. The van der Waals surface area contributed by atoms with Crippen molar-refractivity contribution in [2.24, 2.45) is 0 Å². The second kappa shape index (κ2) is 7.53. The van der Waals surface area contributed by atoms with Gasteiger partial charge in [-0.05, 0) is 32.9 Å². The lowest BCUT2D eigenvalue weighted by atomic mass is 9.99. The van der Waals surface area contributed by atoms with Gasteiger partial charge in [-0.3, -0.25) is 0 Å². The lowest BCUT2D eigenvalue weighted by Crippen LogP contribution is -2.27. The van der Waals surface area contributed by atoms with Gasteiger partial charge in [0.2, 0.25) is 0 Å². The van der Waals surface area contributed by atoms with Crippen molar-refractivity contribution in [3.63, 3.8) is 0 Å². The first kappa shape index (κ1) is 18.1. The van der Waals surface area contributed by atoms with Gasteiger partial charge >= 0.3 is 11.9 Å². The molecule has 24 heavy (non-hydrogen) atoms. The van der Waals surface area contributed by atoms with Crippen LogP contribution >= 0.6 is 11.6 Å². The zero-order valence-corrected chi connectivity index (χ0v) is 14.9. The summed E-state index contributed by atoms with van der Waals surface area (Å²) in [5.74, 6) is -0.941. The van der Waals surface area contributed by atoms with Crippen molar-refractivity contribution in [1.82, 2.24) is 0 Å². The fraction of sp³-hybridized carbons (Fsp3) is 0.333. The van der Waals surface area contributed by atoms with E-state index in [0.717, 1.165) is 0 Å². The minimum atomic E-state index is -0.479. The van der Waals surface area contributed by atoms with Crippen molar-refractivity contribution in [2.75, 3.05) is 12.0 Å². The molecule has 0 amide bonds. The molecule has 0 saturated heterocycles. The van der Waals surface area contributed by atoms with E-state index < -0.39 is 11.9 Å². The lowest BCUT2D eigenvalue weighted by Gasteiger charge is -2.29. The van der Waals surface area contributed by atoms with Gasteiger partial charge in [-0.2, -0.15) is 0 Å². The first-order chi connectivity index (χ1) is 11.3. The number of allylic oxidation sites excluding steroid dienone is 1. The Hall–Kier alpha value is -2.27. The molecule has 1 aliphatic heterocycles. The number of carbonyl (C=O) groups excluding carboxylic acids is 2. The maximum absolute atomic E-state index is 12.3. The summed E-state index contributed by atoms with van der Waals surface area (Å²) in [7, 11) is 1.31. The first-order valence-electron chi connectivity index (χ1n) is 7.58. The Labute approximate surface area is 146 Å². The topological polar surface area (TPSA) is 55.8 Å². The predicted molar refractivity (Wildman–Crippen MR) is 92.6 cm³/mol. The Bertz CT molecular complexity index is 721. The molecule has 0 fully saturated rings. The molecule has 0 radical (unpaired) electrons. The molecule has 0 atom stereocenters. The molecule has 0 spiro atoms. The molecule has 5 nitrogen and oxygen atoms in total. The maximum Gasteiger partial charge on any atom is 0.336 e. The van der Waals surface area contributed by atoms with Gasteiger partial charge in [0.05, 0.1) is 35.1 Å². The zero-order valence-electron chi connectivity index (χ0n) is 14.1. The number of ether oxygens (including phenoxy) is 2. The van der Waals surface area contributed by atoms with Crippen molar-refractivity contribution in [3.05, 3.63) is 52.3 Å². The van der Waals surface area contributed by atoms with Crippen LogP contribution in [0.4, 0.5) is 5.69 Å². The number of hydrogen-bond donors (Lipinski definition) is 0. The van der Waals surface area contributed by atoms with E-state index in [2.05, 4.69) is 0 Å². The standard InChI is InChI=1S/C18H20ClNO4/c1-11(2)24-17(21)13-9-14(18(22)23-4)12(3)20(10-13)16-8-6-5-7-15(16)19/h5-8,10-11H,9H2,1-4H3. The summed E-state index contributed by atoms with van der Waals surface area (Å²) in [5, 5.41) is 0.510. The Balaban J connectivity index is 2.50. The lowest BCUT2D eigenvalue weighted by molar-refractivity contribution is -0.142. The number of nitrogens with zero attached hydrogens (tertiary/aromatic N) is 1. The smallest absolute Gasteiger partial charge is 0.336 e. The normalized spacial score (nSPS) is 14.6. The fourth-order valence-corrected chi connectivity index (χ4v) is 2.64. The quantitative estimate of drug-likeness (QED) is 0.773. The molecule has 0 N–H and O–H groups in total. The molecule has 2 rings (SSSR count). The molecule has 0 bridgehead atoms. The summed E-state index contributed by atoms with van der Waals surface area (Å²) >= 11 is 6.27. The van der Waals surface area contributed by atoms with Crippen LogP contribution in [0.1, 0.15) is 27.2 Å². The van der Waals surface area contributed by atoms with Crippen LogP contribution in [0.2, 0.25) is 5.02 Å². The van der Waals surface area contributed by atoms with Crippen molar-refractivity contribution in [1.29, 1.82) is 0 Å². The minimum absolute atomic E-state index is 0.158. The van der Waals surface area contributed by atoms with E-state index in [4.69, 9.17) is 21.1 Å². The van der Waals surface area contributed by atoms with Gasteiger partial charge in [-0.25, -0.2) is 9.59 Å². The summed E-state index contributed by atoms with van der Waals surface area (Å²) in [5.41, 5.74) is 2.11. The average molecular weight is 350 g/mol. The highest BCUT2D eigenvalue weighted by Crippen LogP contribution is 2.35. The van der Waals surface area contributed by atoms with Gasteiger partial charge in [-0.15, -0.1) is 0 Å². The van der Waals surface area contributed by atoms with Crippen LogP contribution in [0, 0.1) is 0 Å². The third-order valence-electron chi connectivity index (χ3n) is 3.60. The second-order valence-electron chi connectivity index (χ2n) is 5.66. The zero-order chi connectivity index (χ0) is 17.9. The molecule has 128 valence electrons. The number of benzene rings is 1. The van der Waals surface area contributed by atoms with Crippen molar-refractivity contribution >= 4 is 29.2 Å². The van der Waals surface area contributed by atoms with E-state index in [1.807, 2.05) is 18.2 Å². The van der Waals surface area contributed by atoms with E-state index >= 15 is 0 Å². The summed E-state index contributed by atoms with van der Waals surface area (Å²) in [6, 6.07) is 7.21. The summed E-state index contributed by atoms with van der Waals surface area (Å²) in [4.78, 5) is 26.1. The van der Waals surface area contributed by atoms with E-state index in [1.54, 1.807) is 37.9 Å². The molecule has 0 saturated carbocycles. The maximum atomic E-state index is 12.3. The van der Waals surface area contributed by atoms with Gasteiger partial charge in [0.1, 0.15) is 0 Å². The molecule has 0 unspecified atom stereocenters. The van der Waals surface area contributed by atoms with Crippen LogP contribution in [-0.4, -0.2) is 25.2 Å². The van der Waals surface area contributed by atoms with Crippen molar-refractivity contribution in [3.8, 4) is 0 Å². The molecule has 1 aromatic rings. The minimum Gasteiger partial charge on any atom is -0.466 e. The summed E-state index contributed by atoms with van der Waals surface area (Å²) in [6.07, 6.45) is 1.57. The number of halogens is 1. The fourth-order valence-electron chi connectivity index (χ4n) is 2.42. The van der Waals surface area contributed by atoms with Crippen molar-refractivity contribution < 1.29 is 19.1 Å². The number of rotatable bonds is 4. The third kappa shape index (κ3) is 3.79. The van der Waals surface area contributed by atoms with E-state index in [1.165, 1.54) is 7.11 Å². The van der Waals surface area contributed by atoms with Crippen LogP contribution in [-0.2, 0) is 19.1 Å². The number of hydrogen-bond acceptors (Lipinski definition) is 5. The summed E-state index contributed by atoms with van der Waals surface area (Å²) < 4.78 is 10.1. The Morgan fingerprint density at radius 3 is 2.46 bits per heavy atom. The van der Waals surface area contributed by atoms with E-state index in [9.17, 15) is 9.59 Å².